The quantitative estimate of drug-likeness (QED) is 0.0899. The summed E-state index contributed by atoms with van der Waals surface area (Å²) in [5, 5.41) is 23.1. The van der Waals surface area contributed by atoms with E-state index in [2.05, 4.69) is 27.9 Å². The van der Waals surface area contributed by atoms with Crippen LogP contribution in [0.25, 0.3) is 6.08 Å². The Bertz CT molecular complexity index is 1250. The summed E-state index contributed by atoms with van der Waals surface area (Å²) in [6.45, 7) is 0. The molecule has 0 bridgehead atoms. The Labute approximate surface area is 196 Å². The number of nitrogens with zero attached hydrogens (tertiary/aromatic N) is 2. The molecular formula is C23H14IN3O5. The van der Waals surface area contributed by atoms with Gasteiger partial charge in [0.05, 0.1) is 4.92 Å². The van der Waals surface area contributed by atoms with Crippen LogP contribution in [0.15, 0.2) is 78.4 Å². The van der Waals surface area contributed by atoms with Gasteiger partial charge in [-0.1, -0.05) is 24.3 Å². The summed E-state index contributed by atoms with van der Waals surface area (Å²) < 4.78 is 6.22. The molecule has 0 unspecified atom stereocenters. The predicted octanol–water partition coefficient (Wildman–Crippen LogP) is 4.96. The lowest BCUT2D eigenvalue weighted by Crippen LogP contribution is -2.13. The third-order valence-corrected chi connectivity index (χ3v) is 4.91. The second kappa shape index (κ2) is 10.3. The van der Waals surface area contributed by atoms with Crippen LogP contribution in [0.2, 0.25) is 0 Å². The Morgan fingerprint density at radius 2 is 1.69 bits per heavy atom. The summed E-state index contributed by atoms with van der Waals surface area (Å²) in [7, 11) is 0. The first-order valence-electron chi connectivity index (χ1n) is 9.12. The van der Waals surface area contributed by atoms with E-state index in [-0.39, 0.29) is 22.6 Å². The summed E-state index contributed by atoms with van der Waals surface area (Å²) in [5.41, 5.74) is 0.474. The maximum absolute atomic E-state index is 12.4. The largest absolute Gasteiger partial charge is 0.423 e. The van der Waals surface area contributed by atoms with Crippen molar-refractivity contribution >= 4 is 51.9 Å². The molecule has 0 aliphatic heterocycles. The van der Waals surface area contributed by atoms with Gasteiger partial charge >= 0.3 is 5.97 Å². The molecule has 8 nitrogen and oxygen atoms in total. The molecule has 3 aromatic rings. The van der Waals surface area contributed by atoms with Crippen LogP contribution in [-0.2, 0) is 4.79 Å². The fourth-order valence-electron chi connectivity index (χ4n) is 2.65. The molecule has 0 aliphatic rings. The topological polar surface area (TPSA) is 122 Å². The smallest absolute Gasteiger partial charge is 0.350 e. The standard InChI is InChI=1S/C23H14IN3O5/c24-17-7-9-18(10-8-17)26-22(28)16(14-25)13-15-5-11-19(12-6-15)32-23(29)20-3-1-2-4-21(20)27(30)31/h1-13H,(H,26,28)/b16-13-. The molecule has 0 radical (unpaired) electrons. The number of carbonyl (C=O) groups is 2. The molecule has 1 amide bonds. The SMILES string of the molecule is N#C/C(=C/c1ccc(OC(=O)c2ccccc2[N+](=O)[O-])cc1)C(=O)Nc1ccc(I)cc1. The van der Waals surface area contributed by atoms with Crippen molar-refractivity contribution in [3.63, 3.8) is 0 Å². The van der Waals surface area contributed by atoms with Gasteiger partial charge in [-0.3, -0.25) is 14.9 Å². The van der Waals surface area contributed by atoms with Crippen molar-refractivity contribution in [2.75, 3.05) is 5.32 Å². The van der Waals surface area contributed by atoms with Crippen LogP contribution >= 0.6 is 22.6 Å². The maximum Gasteiger partial charge on any atom is 0.350 e. The van der Waals surface area contributed by atoms with E-state index in [9.17, 15) is 25.0 Å². The van der Waals surface area contributed by atoms with Crippen molar-refractivity contribution in [1.82, 2.24) is 0 Å². The number of para-hydroxylation sites is 1. The number of anilines is 1. The van der Waals surface area contributed by atoms with E-state index in [4.69, 9.17) is 4.74 Å². The Morgan fingerprint density at radius 1 is 1.03 bits per heavy atom. The molecule has 32 heavy (non-hydrogen) atoms. The zero-order chi connectivity index (χ0) is 23.1. The van der Waals surface area contributed by atoms with E-state index in [1.165, 1.54) is 42.5 Å². The van der Waals surface area contributed by atoms with E-state index in [1.54, 1.807) is 24.3 Å². The fraction of sp³-hybridized carbons (Fsp3) is 0. The van der Waals surface area contributed by atoms with Gasteiger partial charge in [0.1, 0.15) is 23.0 Å². The number of nitro benzene ring substituents is 1. The minimum Gasteiger partial charge on any atom is -0.423 e. The first kappa shape index (κ1) is 22.6. The molecule has 0 saturated carbocycles. The Hall–Kier alpha value is -4.04. The Kier molecular flexibility index (Phi) is 7.30. The average molecular weight is 539 g/mol. The van der Waals surface area contributed by atoms with Crippen molar-refractivity contribution < 1.29 is 19.2 Å². The molecule has 0 aromatic heterocycles. The van der Waals surface area contributed by atoms with E-state index < -0.39 is 16.8 Å². The number of ether oxygens (including phenoxy) is 1. The van der Waals surface area contributed by atoms with Crippen LogP contribution in [0, 0.1) is 25.0 Å². The van der Waals surface area contributed by atoms with Crippen molar-refractivity contribution in [1.29, 1.82) is 5.26 Å². The van der Waals surface area contributed by atoms with Gasteiger partial charge in [0.15, 0.2) is 0 Å². The van der Waals surface area contributed by atoms with Crippen LogP contribution in [0.1, 0.15) is 15.9 Å². The van der Waals surface area contributed by atoms with Gasteiger partial charge in [-0.2, -0.15) is 5.26 Å². The van der Waals surface area contributed by atoms with Gasteiger partial charge in [0, 0.05) is 15.3 Å². The summed E-state index contributed by atoms with van der Waals surface area (Å²) >= 11 is 2.15. The molecule has 1 N–H and O–H groups in total. The summed E-state index contributed by atoms with van der Waals surface area (Å²) in [6, 6.07) is 20.5. The van der Waals surface area contributed by atoms with Crippen LogP contribution < -0.4 is 10.1 Å². The molecule has 0 heterocycles. The third kappa shape index (κ3) is 5.77. The number of esters is 1. The molecular weight excluding hydrogens is 525 g/mol. The highest BCUT2D eigenvalue weighted by Gasteiger charge is 2.21. The summed E-state index contributed by atoms with van der Waals surface area (Å²) in [5.74, 6) is -1.26. The van der Waals surface area contributed by atoms with Crippen molar-refractivity contribution in [2.45, 2.75) is 0 Å². The number of halogens is 1. The number of amides is 1. The Morgan fingerprint density at radius 3 is 2.31 bits per heavy atom. The highest BCUT2D eigenvalue weighted by molar-refractivity contribution is 14.1. The van der Waals surface area contributed by atoms with E-state index in [0.717, 1.165) is 3.57 Å². The minimum absolute atomic E-state index is 0.104. The van der Waals surface area contributed by atoms with Gasteiger partial charge in [-0.05, 0) is 76.7 Å². The molecule has 0 atom stereocenters. The van der Waals surface area contributed by atoms with Gasteiger partial charge < -0.3 is 10.1 Å². The lowest BCUT2D eigenvalue weighted by atomic mass is 10.1. The highest BCUT2D eigenvalue weighted by atomic mass is 127. The van der Waals surface area contributed by atoms with Gasteiger partial charge in [0.2, 0.25) is 0 Å². The van der Waals surface area contributed by atoms with Gasteiger partial charge in [0.25, 0.3) is 11.6 Å². The maximum atomic E-state index is 12.4. The normalized spacial score (nSPS) is 10.7. The average Bonchev–Trinajstić information content (AvgIpc) is 2.79. The second-order valence-electron chi connectivity index (χ2n) is 6.36. The van der Waals surface area contributed by atoms with Crippen LogP contribution in [0.3, 0.4) is 0 Å². The number of rotatable bonds is 6. The lowest BCUT2D eigenvalue weighted by Gasteiger charge is -2.06. The van der Waals surface area contributed by atoms with Gasteiger partial charge in [-0.15, -0.1) is 0 Å². The highest BCUT2D eigenvalue weighted by Crippen LogP contribution is 2.21. The van der Waals surface area contributed by atoms with Crippen molar-refractivity contribution in [3.05, 3.63) is 103 Å². The number of nitriles is 1. The minimum atomic E-state index is -0.866. The monoisotopic (exact) mass is 539 g/mol. The summed E-state index contributed by atoms with van der Waals surface area (Å²) in [6.07, 6.45) is 1.40. The van der Waals surface area contributed by atoms with Gasteiger partial charge in [-0.25, -0.2) is 4.79 Å². The third-order valence-electron chi connectivity index (χ3n) is 4.19. The molecule has 0 saturated heterocycles. The molecule has 158 valence electrons. The first-order chi connectivity index (χ1) is 15.4. The zero-order valence-electron chi connectivity index (χ0n) is 16.3. The number of benzene rings is 3. The van der Waals surface area contributed by atoms with E-state index in [1.807, 2.05) is 18.2 Å². The summed E-state index contributed by atoms with van der Waals surface area (Å²) in [4.78, 5) is 35.1. The second-order valence-corrected chi connectivity index (χ2v) is 7.61. The van der Waals surface area contributed by atoms with Crippen molar-refractivity contribution in [3.8, 4) is 11.8 Å². The van der Waals surface area contributed by atoms with Crippen LogP contribution in [-0.4, -0.2) is 16.8 Å². The van der Waals surface area contributed by atoms with Crippen LogP contribution in [0.4, 0.5) is 11.4 Å². The Balaban J connectivity index is 1.71. The predicted molar refractivity (Wildman–Crippen MR) is 126 cm³/mol. The number of hydrogen-bond donors (Lipinski definition) is 1. The van der Waals surface area contributed by atoms with E-state index in [0.29, 0.717) is 11.3 Å². The van der Waals surface area contributed by atoms with Crippen molar-refractivity contribution in [2.24, 2.45) is 0 Å². The number of carbonyl (C=O) groups excluding carboxylic acids is 2. The number of nitrogens with one attached hydrogen (secondary N) is 1. The zero-order valence-corrected chi connectivity index (χ0v) is 18.5. The molecule has 0 spiro atoms. The molecule has 0 fully saturated rings. The molecule has 3 rings (SSSR count). The molecule has 0 aliphatic carbocycles. The van der Waals surface area contributed by atoms with Crippen LogP contribution in [0.5, 0.6) is 5.75 Å². The number of nitro groups is 1. The molecule has 3 aromatic carbocycles. The first-order valence-corrected chi connectivity index (χ1v) is 10.2. The van der Waals surface area contributed by atoms with E-state index >= 15 is 0 Å². The lowest BCUT2D eigenvalue weighted by molar-refractivity contribution is -0.385. The fourth-order valence-corrected chi connectivity index (χ4v) is 3.01. The number of hydrogen-bond acceptors (Lipinski definition) is 6. The molecule has 9 heteroatoms.